The minimum atomic E-state index is 0. The Labute approximate surface area is 151 Å². The first-order chi connectivity index (χ1) is 9.10. The summed E-state index contributed by atoms with van der Waals surface area (Å²) < 4.78 is 7.98. The van der Waals surface area contributed by atoms with E-state index >= 15 is 0 Å². The Hall–Kier alpha value is -0.250. The molecule has 0 spiro atoms. The lowest BCUT2D eigenvalue weighted by Gasteiger charge is -2.12. The summed E-state index contributed by atoms with van der Waals surface area (Å²) in [6.07, 6.45) is 0.867. The van der Waals surface area contributed by atoms with Crippen LogP contribution in [0, 0.1) is 7.14 Å². The molecule has 0 aliphatic heterocycles. The Balaban J connectivity index is 0.00000200. The summed E-state index contributed by atoms with van der Waals surface area (Å²) >= 11 is 4.53. The van der Waals surface area contributed by atoms with Gasteiger partial charge in [0.1, 0.15) is 11.5 Å². The van der Waals surface area contributed by atoms with E-state index in [2.05, 4.69) is 57.3 Å². The topological polar surface area (TPSA) is 55.5 Å². The zero-order chi connectivity index (χ0) is 13.8. The summed E-state index contributed by atoms with van der Waals surface area (Å²) in [5.41, 5.74) is 6.79. The molecule has 2 rings (SSSR count). The van der Waals surface area contributed by atoms with Crippen molar-refractivity contribution in [1.29, 1.82) is 0 Å². The van der Waals surface area contributed by atoms with Crippen LogP contribution in [0.15, 0.2) is 36.4 Å². The third kappa shape index (κ3) is 4.64. The highest BCUT2D eigenvalue weighted by Gasteiger charge is 2.10. The summed E-state index contributed by atoms with van der Waals surface area (Å²) in [7, 11) is 0. The molecule has 0 aliphatic rings. The second-order valence-electron chi connectivity index (χ2n) is 4.02. The van der Waals surface area contributed by atoms with E-state index in [0.717, 1.165) is 19.3 Å². The van der Waals surface area contributed by atoms with Crippen molar-refractivity contribution in [3.8, 4) is 17.2 Å². The minimum Gasteiger partial charge on any atom is -0.508 e. The second-order valence-corrected chi connectivity index (χ2v) is 6.35. The Kier molecular flexibility index (Phi) is 7.35. The number of nitrogens with two attached hydrogens (primary N) is 1. The molecule has 0 amide bonds. The maximum absolute atomic E-state index is 9.26. The first kappa shape index (κ1) is 17.8. The van der Waals surface area contributed by atoms with Crippen LogP contribution in [0.3, 0.4) is 0 Å². The van der Waals surface area contributed by atoms with Crippen LogP contribution in [0.5, 0.6) is 17.2 Å². The van der Waals surface area contributed by atoms with Crippen LogP contribution < -0.4 is 10.5 Å². The fourth-order valence-electron chi connectivity index (χ4n) is 1.65. The van der Waals surface area contributed by atoms with Crippen molar-refractivity contribution in [3.63, 3.8) is 0 Å². The molecule has 0 saturated carbocycles. The number of phenols is 1. The fraction of sp³-hybridized carbons (Fsp3) is 0.143. The smallest absolute Gasteiger partial charge is 0.154 e. The minimum absolute atomic E-state index is 0. The van der Waals surface area contributed by atoms with Gasteiger partial charge in [0.2, 0.25) is 0 Å². The Morgan fingerprint density at radius 3 is 2.10 bits per heavy atom. The molecule has 0 heterocycles. The van der Waals surface area contributed by atoms with Gasteiger partial charge in [0, 0.05) is 0 Å². The number of phenolic OH excluding ortho intramolecular Hbond substituents is 1. The largest absolute Gasteiger partial charge is 0.508 e. The Morgan fingerprint density at radius 1 is 1.05 bits per heavy atom. The third-order valence-electron chi connectivity index (χ3n) is 2.55. The monoisotopic (exact) mass is 517 g/mol. The van der Waals surface area contributed by atoms with E-state index in [4.69, 9.17) is 10.5 Å². The van der Waals surface area contributed by atoms with Gasteiger partial charge in [-0.3, -0.25) is 0 Å². The molecule has 6 heteroatoms. The van der Waals surface area contributed by atoms with Gasteiger partial charge in [-0.15, -0.1) is 12.4 Å². The van der Waals surface area contributed by atoms with Crippen molar-refractivity contribution in [3.05, 3.63) is 49.1 Å². The molecule has 20 heavy (non-hydrogen) atoms. The number of benzene rings is 2. The molecule has 0 radical (unpaired) electrons. The average Bonchev–Trinajstić information content (AvgIpc) is 2.36. The summed E-state index contributed by atoms with van der Waals surface area (Å²) in [5, 5.41) is 9.26. The summed E-state index contributed by atoms with van der Waals surface area (Å²) in [6, 6.07) is 10.9. The molecule has 2 aromatic carbocycles. The third-order valence-corrected chi connectivity index (χ3v) is 4.15. The molecule has 0 aliphatic carbocycles. The molecule has 0 atom stereocenters. The quantitative estimate of drug-likeness (QED) is 0.595. The highest BCUT2D eigenvalue weighted by molar-refractivity contribution is 14.1. The van der Waals surface area contributed by atoms with Crippen LogP contribution in [0.4, 0.5) is 0 Å². The Morgan fingerprint density at radius 2 is 1.60 bits per heavy atom. The van der Waals surface area contributed by atoms with Gasteiger partial charge in [0.05, 0.1) is 7.14 Å². The molecular formula is C14H14ClI2NO2. The van der Waals surface area contributed by atoms with Crippen molar-refractivity contribution >= 4 is 57.6 Å². The SMILES string of the molecule is Cl.NCCc1cc(I)c(Oc2ccc(O)cc2)c(I)c1. The van der Waals surface area contributed by atoms with Crippen LogP contribution >= 0.6 is 57.6 Å². The van der Waals surface area contributed by atoms with Crippen LogP contribution in [-0.4, -0.2) is 11.7 Å². The lowest BCUT2D eigenvalue weighted by molar-refractivity contribution is 0.461. The second kappa shape index (κ2) is 8.26. The standard InChI is InChI=1S/C14H13I2NO2.ClH/c15-12-7-9(5-6-17)8-13(16)14(12)19-11-3-1-10(18)2-4-11;/h1-4,7-8,18H,5-6,17H2;1H. The fourth-order valence-corrected chi connectivity index (χ4v) is 3.77. The molecule has 0 bridgehead atoms. The van der Waals surface area contributed by atoms with Crippen LogP contribution in [0.2, 0.25) is 0 Å². The molecule has 0 fully saturated rings. The van der Waals surface area contributed by atoms with Crippen LogP contribution in [0.1, 0.15) is 5.56 Å². The van der Waals surface area contributed by atoms with Gasteiger partial charge >= 0.3 is 0 Å². The zero-order valence-corrected chi connectivity index (χ0v) is 15.6. The normalized spacial score (nSPS) is 9.95. The average molecular weight is 518 g/mol. The van der Waals surface area contributed by atoms with Gasteiger partial charge in [0.15, 0.2) is 5.75 Å². The van der Waals surface area contributed by atoms with E-state index in [-0.39, 0.29) is 18.2 Å². The maximum atomic E-state index is 9.26. The molecule has 3 N–H and O–H groups in total. The first-order valence-electron chi connectivity index (χ1n) is 5.75. The van der Waals surface area contributed by atoms with Crippen LogP contribution in [0.25, 0.3) is 0 Å². The van der Waals surface area contributed by atoms with Crippen molar-refractivity contribution in [2.75, 3.05) is 6.54 Å². The predicted molar refractivity (Wildman–Crippen MR) is 100 cm³/mol. The zero-order valence-electron chi connectivity index (χ0n) is 10.5. The number of hydrogen-bond acceptors (Lipinski definition) is 3. The number of halogens is 3. The molecule has 3 nitrogen and oxygen atoms in total. The number of aromatic hydroxyl groups is 1. The van der Waals surface area contributed by atoms with Gasteiger partial charge in [-0.05, 0) is 100 Å². The Bertz CT molecular complexity index is 553. The highest BCUT2D eigenvalue weighted by atomic mass is 127. The van der Waals surface area contributed by atoms with Gasteiger partial charge in [0.25, 0.3) is 0 Å². The highest BCUT2D eigenvalue weighted by Crippen LogP contribution is 2.33. The van der Waals surface area contributed by atoms with Gasteiger partial charge in [-0.25, -0.2) is 0 Å². The molecule has 2 aromatic rings. The van der Waals surface area contributed by atoms with E-state index in [1.54, 1.807) is 24.3 Å². The summed E-state index contributed by atoms with van der Waals surface area (Å²) in [4.78, 5) is 0. The molecule has 0 unspecified atom stereocenters. The summed E-state index contributed by atoms with van der Waals surface area (Å²) in [5.74, 6) is 1.78. The maximum Gasteiger partial charge on any atom is 0.154 e. The summed E-state index contributed by atoms with van der Waals surface area (Å²) in [6.45, 7) is 0.643. The van der Waals surface area contributed by atoms with E-state index in [1.807, 2.05) is 0 Å². The van der Waals surface area contributed by atoms with E-state index < -0.39 is 0 Å². The van der Waals surface area contributed by atoms with E-state index in [0.29, 0.717) is 12.3 Å². The van der Waals surface area contributed by atoms with E-state index in [9.17, 15) is 5.11 Å². The lowest BCUT2D eigenvalue weighted by atomic mass is 10.1. The van der Waals surface area contributed by atoms with Crippen molar-refractivity contribution in [2.45, 2.75) is 6.42 Å². The predicted octanol–water partition coefficient (Wildman–Crippen LogP) is 4.32. The number of ether oxygens (including phenoxy) is 1. The molecular weight excluding hydrogens is 503 g/mol. The van der Waals surface area contributed by atoms with Crippen molar-refractivity contribution < 1.29 is 9.84 Å². The van der Waals surface area contributed by atoms with Gasteiger partial charge in [-0.1, -0.05) is 0 Å². The first-order valence-corrected chi connectivity index (χ1v) is 7.91. The molecule has 0 saturated heterocycles. The lowest BCUT2D eigenvalue weighted by Crippen LogP contribution is -2.03. The van der Waals surface area contributed by atoms with Crippen molar-refractivity contribution in [2.24, 2.45) is 5.73 Å². The van der Waals surface area contributed by atoms with Crippen LogP contribution in [-0.2, 0) is 6.42 Å². The number of hydrogen-bond donors (Lipinski definition) is 2. The molecule has 108 valence electrons. The molecule has 0 aromatic heterocycles. The van der Waals surface area contributed by atoms with Gasteiger partial charge < -0.3 is 15.6 Å². The number of rotatable bonds is 4. The van der Waals surface area contributed by atoms with Crippen molar-refractivity contribution in [1.82, 2.24) is 0 Å². The van der Waals surface area contributed by atoms with Gasteiger partial charge in [-0.2, -0.15) is 0 Å². The van der Waals surface area contributed by atoms with E-state index in [1.165, 1.54) is 5.56 Å².